The van der Waals surface area contributed by atoms with E-state index in [1.54, 1.807) is 19.2 Å². The molecule has 1 aromatic carbocycles. The summed E-state index contributed by atoms with van der Waals surface area (Å²) in [6.45, 7) is 2.32. The summed E-state index contributed by atoms with van der Waals surface area (Å²) in [5.41, 5.74) is 0.943. The molecule has 1 aliphatic heterocycles. The van der Waals surface area contributed by atoms with Gasteiger partial charge >= 0.3 is 0 Å². The van der Waals surface area contributed by atoms with Crippen LogP contribution in [-0.4, -0.2) is 43.1 Å². The molecule has 110 valence electrons. The molecule has 1 amide bonds. The number of nitrogens with zero attached hydrogens (tertiary/aromatic N) is 2. The van der Waals surface area contributed by atoms with Crippen molar-refractivity contribution < 1.29 is 14.0 Å². The van der Waals surface area contributed by atoms with E-state index in [9.17, 15) is 9.18 Å². The number of amides is 1. The third kappa shape index (κ3) is 3.77. The van der Waals surface area contributed by atoms with Crippen LogP contribution in [0.15, 0.2) is 24.3 Å². The molecule has 0 bridgehead atoms. The van der Waals surface area contributed by atoms with Crippen LogP contribution in [0.3, 0.4) is 0 Å². The van der Waals surface area contributed by atoms with E-state index in [0.29, 0.717) is 13.1 Å². The molecule has 1 fully saturated rings. The Labute approximate surface area is 119 Å². The van der Waals surface area contributed by atoms with E-state index in [2.05, 4.69) is 4.90 Å². The van der Waals surface area contributed by atoms with Gasteiger partial charge < -0.3 is 0 Å². The van der Waals surface area contributed by atoms with E-state index in [1.807, 2.05) is 6.07 Å². The maximum absolute atomic E-state index is 13.2. The number of rotatable bonds is 4. The molecular weight excluding hydrogens is 259 g/mol. The number of hydrogen-bond donors (Lipinski definition) is 0. The summed E-state index contributed by atoms with van der Waals surface area (Å²) in [4.78, 5) is 19.2. The van der Waals surface area contributed by atoms with Gasteiger partial charge in [0.05, 0.1) is 13.0 Å². The quantitative estimate of drug-likeness (QED) is 0.791. The number of piperidine rings is 1. The average Bonchev–Trinajstić information content (AvgIpc) is 2.46. The van der Waals surface area contributed by atoms with Crippen molar-refractivity contribution in [2.75, 3.05) is 27.2 Å². The number of halogens is 1. The molecule has 0 saturated carbocycles. The maximum atomic E-state index is 13.2. The summed E-state index contributed by atoms with van der Waals surface area (Å²) in [5.74, 6) is -0.245. The first-order valence-corrected chi connectivity index (χ1v) is 6.88. The number of benzene rings is 1. The minimum Gasteiger partial charge on any atom is -0.298 e. The number of carbonyl (C=O) groups is 1. The highest BCUT2D eigenvalue weighted by molar-refractivity contribution is 5.77. The predicted octanol–water partition coefficient (Wildman–Crippen LogP) is 2.06. The Kier molecular flexibility index (Phi) is 5.09. The van der Waals surface area contributed by atoms with Crippen molar-refractivity contribution >= 4 is 5.91 Å². The monoisotopic (exact) mass is 280 g/mol. The summed E-state index contributed by atoms with van der Waals surface area (Å²) in [5, 5.41) is 1.29. The molecule has 1 saturated heterocycles. The first-order valence-electron chi connectivity index (χ1n) is 6.88. The third-order valence-corrected chi connectivity index (χ3v) is 3.73. The van der Waals surface area contributed by atoms with Crippen LogP contribution in [0.2, 0.25) is 0 Å². The van der Waals surface area contributed by atoms with E-state index in [4.69, 9.17) is 4.84 Å². The molecule has 0 radical (unpaired) electrons. The molecule has 1 atom stereocenters. The Balaban J connectivity index is 1.95. The second kappa shape index (κ2) is 6.81. The van der Waals surface area contributed by atoms with Gasteiger partial charge in [0.25, 0.3) is 0 Å². The summed E-state index contributed by atoms with van der Waals surface area (Å²) < 4.78 is 13.2. The average molecular weight is 280 g/mol. The van der Waals surface area contributed by atoms with E-state index in [-0.39, 0.29) is 17.6 Å². The first-order chi connectivity index (χ1) is 9.60. The van der Waals surface area contributed by atoms with E-state index in [0.717, 1.165) is 24.9 Å². The van der Waals surface area contributed by atoms with E-state index < -0.39 is 0 Å². The molecule has 5 heteroatoms. The van der Waals surface area contributed by atoms with Crippen LogP contribution in [0.4, 0.5) is 4.39 Å². The van der Waals surface area contributed by atoms with Gasteiger partial charge in [0.2, 0.25) is 5.91 Å². The lowest BCUT2D eigenvalue weighted by atomic mass is 9.96. The fourth-order valence-electron chi connectivity index (χ4n) is 2.64. The largest absolute Gasteiger partial charge is 0.298 e. The molecule has 1 aliphatic rings. The van der Waals surface area contributed by atoms with Crippen LogP contribution in [0.1, 0.15) is 18.4 Å². The SMILES string of the molecule is CON(C)C(=O)[C@@H]1CCCN(Cc2cccc(F)c2)C1. The Hall–Kier alpha value is -1.46. The molecule has 0 unspecified atom stereocenters. The molecule has 0 aliphatic carbocycles. The minimum atomic E-state index is -0.216. The zero-order valence-electron chi connectivity index (χ0n) is 12.0. The van der Waals surface area contributed by atoms with Crippen molar-refractivity contribution in [1.82, 2.24) is 9.96 Å². The zero-order valence-corrected chi connectivity index (χ0v) is 12.0. The van der Waals surface area contributed by atoms with Crippen molar-refractivity contribution in [2.45, 2.75) is 19.4 Å². The van der Waals surface area contributed by atoms with Crippen LogP contribution < -0.4 is 0 Å². The number of carbonyl (C=O) groups excluding carboxylic acids is 1. The third-order valence-electron chi connectivity index (χ3n) is 3.73. The Morgan fingerprint density at radius 1 is 1.55 bits per heavy atom. The minimum absolute atomic E-state index is 0.0106. The highest BCUT2D eigenvalue weighted by Gasteiger charge is 2.28. The molecule has 20 heavy (non-hydrogen) atoms. The molecular formula is C15H21FN2O2. The van der Waals surface area contributed by atoms with Gasteiger partial charge in [-0.3, -0.25) is 14.5 Å². The molecule has 0 N–H and O–H groups in total. The van der Waals surface area contributed by atoms with Crippen molar-refractivity contribution in [2.24, 2.45) is 5.92 Å². The van der Waals surface area contributed by atoms with Crippen molar-refractivity contribution in [3.63, 3.8) is 0 Å². The van der Waals surface area contributed by atoms with Gasteiger partial charge in [-0.1, -0.05) is 12.1 Å². The van der Waals surface area contributed by atoms with Gasteiger partial charge in [0.15, 0.2) is 0 Å². The molecule has 0 aromatic heterocycles. The normalized spacial score (nSPS) is 19.9. The van der Waals surface area contributed by atoms with Crippen molar-refractivity contribution in [1.29, 1.82) is 0 Å². The predicted molar refractivity (Wildman–Crippen MR) is 74.2 cm³/mol. The molecule has 1 aromatic rings. The smallest absolute Gasteiger partial charge is 0.250 e. The van der Waals surface area contributed by atoms with Crippen LogP contribution >= 0.6 is 0 Å². The van der Waals surface area contributed by atoms with Gasteiger partial charge in [-0.05, 0) is 37.1 Å². The fraction of sp³-hybridized carbons (Fsp3) is 0.533. The second-order valence-corrected chi connectivity index (χ2v) is 5.22. The number of hydrogen-bond acceptors (Lipinski definition) is 3. The fourth-order valence-corrected chi connectivity index (χ4v) is 2.64. The topological polar surface area (TPSA) is 32.8 Å². The first kappa shape index (κ1) is 14.9. The van der Waals surface area contributed by atoms with Gasteiger partial charge in [0, 0.05) is 20.1 Å². The maximum Gasteiger partial charge on any atom is 0.250 e. The lowest BCUT2D eigenvalue weighted by Gasteiger charge is -2.33. The molecule has 2 rings (SSSR count). The Morgan fingerprint density at radius 3 is 3.05 bits per heavy atom. The highest BCUT2D eigenvalue weighted by atomic mass is 19.1. The van der Waals surface area contributed by atoms with Crippen LogP contribution in [0.5, 0.6) is 0 Å². The number of hydroxylamine groups is 2. The van der Waals surface area contributed by atoms with Crippen LogP contribution in [0.25, 0.3) is 0 Å². The van der Waals surface area contributed by atoms with Crippen molar-refractivity contribution in [3.05, 3.63) is 35.6 Å². The second-order valence-electron chi connectivity index (χ2n) is 5.22. The molecule has 1 heterocycles. The highest BCUT2D eigenvalue weighted by Crippen LogP contribution is 2.20. The summed E-state index contributed by atoms with van der Waals surface area (Å²) in [7, 11) is 3.12. The lowest BCUT2D eigenvalue weighted by molar-refractivity contribution is -0.175. The summed E-state index contributed by atoms with van der Waals surface area (Å²) in [6, 6.07) is 6.62. The summed E-state index contributed by atoms with van der Waals surface area (Å²) >= 11 is 0. The van der Waals surface area contributed by atoms with Crippen LogP contribution in [-0.2, 0) is 16.2 Å². The Morgan fingerprint density at radius 2 is 2.35 bits per heavy atom. The van der Waals surface area contributed by atoms with Gasteiger partial charge in [-0.15, -0.1) is 0 Å². The van der Waals surface area contributed by atoms with Gasteiger partial charge in [0.1, 0.15) is 5.82 Å². The summed E-state index contributed by atoms with van der Waals surface area (Å²) in [6.07, 6.45) is 1.86. The number of likely N-dealkylation sites (tertiary alicyclic amines) is 1. The van der Waals surface area contributed by atoms with Gasteiger partial charge in [-0.2, -0.15) is 0 Å². The molecule has 0 spiro atoms. The van der Waals surface area contributed by atoms with Crippen LogP contribution in [0, 0.1) is 11.7 Å². The zero-order chi connectivity index (χ0) is 14.5. The standard InChI is InChI=1S/C15H21FN2O2/c1-17(20-2)15(19)13-6-4-8-18(11-13)10-12-5-3-7-14(16)9-12/h3,5,7,9,13H,4,6,8,10-11H2,1-2H3/t13-/m1/s1. The van der Waals surface area contributed by atoms with E-state index in [1.165, 1.54) is 18.2 Å². The Bertz CT molecular complexity index is 467. The van der Waals surface area contributed by atoms with Crippen molar-refractivity contribution in [3.8, 4) is 0 Å². The van der Waals surface area contributed by atoms with E-state index >= 15 is 0 Å². The molecule has 4 nitrogen and oxygen atoms in total. The van der Waals surface area contributed by atoms with Gasteiger partial charge in [-0.25, -0.2) is 9.45 Å². The lowest BCUT2D eigenvalue weighted by Crippen LogP contribution is -2.43.